The third-order valence-electron chi connectivity index (χ3n) is 2.73. The molecule has 2 aromatic rings. The monoisotopic (exact) mass is 286 g/mol. The Morgan fingerprint density at radius 1 is 1.19 bits per heavy atom. The summed E-state index contributed by atoms with van der Waals surface area (Å²) in [6.07, 6.45) is 2.95. The van der Waals surface area contributed by atoms with E-state index in [1.165, 1.54) is 23.2 Å². The van der Waals surface area contributed by atoms with Crippen LogP contribution in [0.3, 0.4) is 0 Å². The van der Waals surface area contributed by atoms with Crippen LogP contribution in [0.4, 0.5) is 0 Å². The van der Waals surface area contributed by atoms with Crippen LogP contribution in [0.2, 0.25) is 0 Å². The highest BCUT2D eigenvalue weighted by Gasteiger charge is 2.17. The fraction of sp³-hybridized carbons (Fsp3) is 0.312. The quantitative estimate of drug-likeness (QED) is 0.812. The predicted octanol–water partition coefficient (Wildman–Crippen LogP) is 2.25. The first-order valence-corrected chi connectivity index (χ1v) is 6.68. The van der Waals surface area contributed by atoms with Crippen LogP contribution in [0, 0.1) is 0 Å². The van der Waals surface area contributed by atoms with Gasteiger partial charge in [0.25, 0.3) is 5.56 Å². The Morgan fingerprint density at radius 2 is 1.86 bits per heavy atom. The maximum atomic E-state index is 11.9. The Bertz CT molecular complexity index is 682. The van der Waals surface area contributed by atoms with Gasteiger partial charge < -0.3 is 4.74 Å². The molecule has 5 heteroatoms. The number of hydrogen-bond acceptors (Lipinski definition) is 4. The van der Waals surface area contributed by atoms with Crippen molar-refractivity contribution in [3.8, 4) is 0 Å². The molecule has 0 saturated heterocycles. The number of benzene rings is 1. The third kappa shape index (κ3) is 4.27. The largest absolute Gasteiger partial charge is 0.456 e. The smallest absolute Gasteiger partial charge is 0.338 e. The normalized spacial score (nSPS) is 11.2. The zero-order chi connectivity index (χ0) is 15.5. The Kier molecular flexibility index (Phi) is 4.21. The molecule has 0 fully saturated rings. The highest BCUT2D eigenvalue weighted by molar-refractivity contribution is 5.89. The van der Waals surface area contributed by atoms with E-state index in [-0.39, 0.29) is 11.5 Å². The van der Waals surface area contributed by atoms with E-state index in [0.29, 0.717) is 12.1 Å². The van der Waals surface area contributed by atoms with Crippen molar-refractivity contribution in [2.45, 2.75) is 32.9 Å². The minimum atomic E-state index is -0.515. The van der Waals surface area contributed by atoms with E-state index in [1.807, 2.05) is 20.8 Å². The van der Waals surface area contributed by atoms with Crippen molar-refractivity contribution in [1.29, 1.82) is 0 Å². The number of esters is 1. The zero-order valence-electron chi connectivity index (χ0n) is 12.4. The van der Waals surface area contributed by atoms with Crippen LogP contribution in [0.5, 0.6) is 0 Å². The lowest BCUT2D eigenvalue weighted by molar-refractivity contribution is 0.00695. The van der Waals surface area contributed by atoms with Crippen LogP contribution in [0.25, 0.3) is 0 Å². The Labute approximate surface area is 123 Å². The Balaban J connectivity index is 2.11. The lowest BCUT2D eigenvalue weighted by atomic mass is 10.1. The van der Waals surface area contributed by atoms with Gasteiger partial charge in [-0.25, -0.2) is 9.78 Å². The number of ether oxygens (including phenoxy) is 1. The van der Waals surface area contributed by atoms with Gasteiger partial charge in [0, 0.05) is 12.3 Å². The molecule has 0 saturated carbocycles. The first kappa shape index (κ1) is 15.0. The van der Waals surface area contributed by atoms with Crippen molar-refractivity contribution < 1.29 is 9.53 Å². The molecular weight excluding hydrogens is 268 g/mol. The average Bonchev–Trinajstić information content (AvgIpc) is 2.40. The van der Waals surface area contributed by atoms with Gasteiger partial charge in [0.1, 0.15) is 5.60 Å². The van der Waals surface area contributed by atoms with Crippen molar-refractivity contribution in [2.75, 3.05) is 0 Å². The van der Waals surface area contributed by atoms with E-state index in [4.69, 9.17) is 4.74 Å². The zero-order valence-corrected chi connectivity index (χ0v) is 12.4. The van der Waals surface area contributed by atoms with Gasteiger partial charge in [0.05, 0.1) is 18.4 Å². The molecule has 0 bridgehead atoms. The number of carbonyl (C=O) groups excluding carboxylic acids is 1. The summed E-state index contributed by atoms with van der Waals surface area (Å²) in [6, 6.07) is 8.42. The number of hydrogen-bond donors (Lipinski definition) is 0. The minimum absolute atomic E-state index is 0.110. The molecule has 1 heterocycles. The second-order valence-corrected chi connectivity index (χ2v) is 5.75. The summed E-state index contributed by atoms with van der Waals surface area (Å²) < 4.78 is 6.80. The first-order valence-electron chi connectivity index (χ1n) is 6.68. The molecule has 21 heavy (non-hydrogen) atoms. The van der Waals surface area contributed by atoms with Crippen LogP contribution >= 0.6 is 0 Å². The maximum Gasteiger partial charge on any atom is 0.338 e. The van der Waals surface area contributed by atoms with Crippen molar-refractivity contribution in [2.24, 2.45) is 0 Å². The Morgan fingerprint density at radius 3 is 2.43 bits per heavy atom. The second kappa shape index (κ2) is 5.91. The third-order valence-corrected chi connectivity index (χ3v) is 2.73. The molecule has 0 spiro atoms. The van der Waals surface area contributed by atoms with Crippen molar-refractivity contribution in [1.82, 2.24) is 9.55 Å². The van der Waals surface area contributed by atoms with Gasteiger partial charge in [-0.05, 0) is 38.5 Å². The van der Waals surface area contributed by atoms with E-state index in [2.05, 4.69) is 4.98 Å². The molecule has 0 unspecified atom stereocenters. The minimum Gasteiger partial charge on any atom is -0.456 e. The molecule has 0 atom stereocenters. The predicted molar refractivity (Wildman–Crippen MR) is 79.2 cm³/mol. The standard InChI is InChI=1S/C16H18N2O3/c1-16(2,3)21-15(20)13-6-4-12(5-7-13)10-18-11-17-9-8-14(18)19/h4-9,11H,10H2,1-3H3. The molecule has 0 aliphatic heterocycles. The topological polar surface area (TPSA) is 61.2 Å². The molecule has 110 valence electrons. The molecule has 5 nitrogen and oxygen atoms in total. The highest BCUT2D eigenvalue weighted by atomic mass is 16.6. The van der Waals surface area contributed by atoms with Gasteiger partial charge in [-0.2, -0.15) is 0 Å². The molecule has 0 aliphatic carbocycles. The number of carbonyl (C=O) groups is 1. The van der Waals surface area contributed by atoms with E-state index in [9.17, 15) is 9.59 Å². The Hall–Kier alpha value is -2.43. The molecular formula is C16H18N2O3. The molecule has 2 rings (SSSR count). The fourth-order valence-corrected chi connectivity index (χ4v) is 1.78. The van der Waals surface area contributed by atoms with E-state index < -0.39 is 5.60 Å². The molecule has 0 aliphatic rings. The average molecular weight is 286 g/mol. The van der Waals surface area contributed by atoms with Gasteiger partial charge in [-0.15, -0.1) is 0 Å². The first-order chi connectivity index (χ1) is 9.85. The van der Waals surface area contributed by atoms with E-state index in [1.54, 1.807) is 24.3 Å². The number of rotatable bonds is 3. The van der Waals surface area contributed by atoms with Gasteiger partial charge in [-0.3, -0.25) is 9.36 Å². The van der Waals surface area contributed by atoms with Crippen LogP contribution < -0.4 is 5.56 Å². The number of aromatic nitrogens is 2. The van der Waals surface area contributed by atoms with Gasteiger partial charge in [-0.1, -0.05) is 12.1 Å². The summed E-state index contributed by atoms with van der Waals surface area (Å²) in [5.74, 6) is -0.354. The second-order valence-electron chi connectivity index (χ2n) is 5.75. The molecule has 1 aromatic carbocycles. The number of nitrogens with zero attached hydrogens (tertiary/aromatic N) is 2. The summed E-state index contributed by atoms with van der Waals surface area (Å²) in [5.41, 5.74) is 0.782. The molecule has 0 radical (unpaired) electrons. The molecule has 0 N–H and O–H groups in total. The SMILES string of the molecule is CC(C)(C)OC(=O)c1ccc(Cn2cnccc2=O)cc1. The van der Waals surface area contributed by atoms with E-state index in [0.717, 1.165) is 5.56 Å². The fourth-order valence-electron chi connectivity index (χ4n) is 1.78. The lowest BCUT2D eigenvalue weighted by Gasteiger charge is -2.19. The summed E-state index contributed by atoms with van der Waals surface area (Å²) in [5, 5.41) is 0. The van der Waals surface area contributed by atoms with Crippen molar-refractivity contribution in [3.63, 3.8) is 0 Å². The maximum absolute atomic E-state index is 11.9. The van der Waals surface area contributed by atoms with Crippen LogP contribution in [0.1, 0.15) is 36.7 Å². The van der Waals surface area contributed by atoms with E-state index >= 15 is 0 Å². The summed E-state index contributed by atoms with van der Waals surface area (Å²) in [7, 11) is 0. The summed E-state index contributed by atoms with van der Waals surface area (Å²) >= 11 is 0. The summed E-state index contributed by atoms with van der Waals surface area (Å²) in [4.78, 5) is 27.4. The van der Waals surface area contributed by atoms with Crippen LogP contribution in [-0.4, -0.2) is 21.1 Å². The molecule has 1 aromatic heterocycles. The van der Waals surface area contributed by atoms with Crippen molar-refractivity contribution >= 4 is 5.97 Å². The lowest BCUT2D eigenvalue weighted by Crippen LogP contribution is -2.24. The molecule has 0 amide bonds. The van der Waals surface area contributed by atoms with Gasteiger partial charge in [0.15, 0.2) is 0 Å². The van der Waals surface area contributed by atoms with Crippen LogP contribution in [0.15, 0.2) is 47.7 Å². The van der Waals surface area contributed by atoms with Gasteiger partial charge >= 0.3 is 5.97 Å². The van der Waals surface area contributed by atoms with Gasteiger partial charge in [0.2, 0.25) is 0 Å². The summed E-state index contributed by atoms with van der Waals surface area (Å²) in [6.45, 7) is 5.90. The van der Waals surface area contributed by atoms with Crippen molar-refractivity contribution in [3.05, 3.63) is 64.3 Å². The van der Waals surface area contributed by atoms with Crippen LogP contribution in [-0.2, 0) is 11.3 Å². The highest BCUT2D eigenvalue weighted by Crippen LogP contribution is 2.13.